The molecule has 0 amide bonds. The number of aliphatic hydroxyl groups excluding tert-OH is 1. The second kappa shape index (κ2) is 11.6. The lowest BCUT2D eigenvalue weighted by molar-refractivity contribution is -0.274. The Morgan fingerprint density at radius 3 is 2.46 bits per heavy atom. The van der Waals surface area contributed by atoms with Crippen LogP contribution in [0.15, 0.2) is 30.5 Å². The molecule has 1 aromatic heterocycles. The van der Waals surface area contributed by atoms with Gasteiger partial charge in [0.1, 0.15) is 5.75 Å². The second-order valence-corrected chi connectivity index (χ2v) is 12.8. The molecule has 5 saturated carbocycles. The lowest BCUT2D eigenvalue weighted by Gasteiger charge is -2.60. The second-order valence-electron chi connectivity index (χ2n) is 12.8. The first kappa shape index (κ1) is 28.5. The van der Waals surface area contributed by atoms with E-state index in [0.717, 1.165) is 57.7 Å². The third kappa shape index (κ3) is 6.71. The van der Waals surface area contributed by atoms with Crippen molar-refractivity contribution < 1.29 is 27.4 Å². The molecule has 5 aliphatic rings. The van der Waals surface area contributed by atoms with Crippen molar-refractivity contribution in [3.63, 3.8) is 0 Å². The number of benzene rings is 1. The minimum absolute atomic E-state index is 0.0118. The van der Waals surface area contributed by atoms with E-state index in [-0.39, 0.29) is 41.1 Å². The number of rotatable bonds is 10. The minimum atomic E-state index is -4.80. The van der Waals surface area contributed by atoms with Crippen molar-refractivity contribution in [2.24, 2.45) is 29.1 Å². The molecule has 1 heterocycles. The van der Waals surface area contributed by atoms with Crippen LogP contribution in [0.1, 0.15) is 63.4 Å². The molecule has 0 spiro atoms. The standard InChI is InChI=1S/C30H39F4N5O2/c31-24-16-37-28(36-15-20-3-1-2-4-25(20)41-30(32,33)34)39-27(24)38-17-29-11-19-9-21(12-29)26(22(10-19)13-29)35-14-18-5-7-23(40)8-6-18/h1-4,16,18-19,21-23,26,35,40H,5-15,17H2,(H2,36,37,38,39)/t18?,19?,21-,22+,23?,26?,29?. The number of nitrogens with one attached hydrogen (secondary N) is 3. The van der Waals surface area contributed by atoms with Crippen molar-refractivity contribution >= 4 is 11.8 Å². The number of anilines is 2. The molecule has 1 aromatic carbocycles. The molecule has 5 atom stereocenters. The summed E-state index contributed by atoms with van der Waals surface area (Å²) in [6, 6.07) is 6.39. The minimum Gasteiger partial charge on any atom is -0.405 e. The fourth-order valence-corrected chi connectivity index (χ4v) is 8.29. The molecule has 4 bridgehead atoms. The largest absolute Gasteiger partial charge is 0.573 e. The van der Waals surface area contributed by atoms with Crippen LogP contribution in [0.25, 0.3) is 0 Å². The highest BCUT2D eigenvalue weighted by atomic mass is 19.4. The average Bonchev–Trinajstić information content (AvgIpc) is 2.92. The Kier molecular flexibility index (Phi) is 8.02. The summed E-state index contributed by atoms with van der Waals surface area (Å²) in [4.78, 5) is 8.29. The summed E-state index contributed by atoms with van der Waals surface area (Å²) in [5, 5.41) is 19.9. The molecule has 0 radical (unpaired) electrons. The molecule has 41 heavy (non-hydrogen) atoms. The zero-order chi connectivity index (χ0) is 28.6. The first-order chi connectivity index (χ1) is 19.6. The monoisotopic (exact) mass is 577 g/mol. The molecule has 224 valence electrons. The number of ether oxygens (including phenoxy) is 1. The summed E-state index contributed by atoms with van der Waals surface area (Å²) in [5.41, 5.74) is 0.396. The molecular formula is C30H39F4N5O2. The number of hydrogen-bond acceptors (Lipinski definition) is 7. The maximum atomic E-state index is 14.7. The van der Waals surface area contributed by atoms with E-state index in [1.54, 1.807) is 6.07 Å². The summed E-state index contributed by atoms with van der Waals surface area (Å²) in [6.45, 7) is 1.66. The van der Waals surface area contributed by atoms with E-state index in [2.05, 4.69) is 30.7 Å². The zero-order valence-electron chi connectivity index (χ0n) is 23.1. The number of nitrogens with zero attached hydrogens (tertiary/aromatic N) is 2. The number of para-hydroxylation sites is 1. The third-order valence-electron chi connectivity index (χ3n) is 9.87. The Bertz CT molecular complexity index is 1190. The van der Waals surface area contributed by atoms with Gasteiger partial charge in [0.25, 0.3) is 0 Å². The maximum absolute atomic E-state index is 14.7. The van der Waals surface area contributed by atoms with Crippen LogP contribution in [-0.4, -0.2) is 46.7 Å². The molecule has 5 fully saturated rings. The number of aromatic nitrogens is 2. The van der Waals surface area contributed by atoms with Crippen LogP contribution >= 0.6 is 0 Å². The van der Waals surface area contributed by atoms with Crippen molar-refractivity contribution in [3.05, 3.63) is 41.8 Å². The van der Waals surface area contributed by atoms with Gasteiger partial charge in [0.05, 0.1) is 12.3 Å². The number of alkyl halides is 3. The van der Waals surface area contributed by atoms with Gasteiger partial charge < -0.3 is 25.8 Å². The highest BCUT2D eigenvalue weighted by Crippen LogP contribution is 2.60. The Morgan fingerprint density at radius 2 is 1.73 bits per heavy atom. The molecule has 3 unspecified atom stereocenters. The van der Waals surface area contributed by atoms with Crippen molar-refractivity contribution in [3.8, 4) is 5.75 Å². The van der Waals surface area contributed by atoms with E-state index in [9.17, 15) is 22.7 Å². The normalized spacial score (nSPS) is 32.6. The zero-order valence-corrected chi connectivity index (χ0v) is 23.1. The molecule has 0 aliphatic heterocycles. The van der Waals surface area contributed by atoms with E-state index in [0.29, 0.717) is 36.3 Å². The number of halogens is 4. The summed E-state index contributed by atoms with van der Waals surface area (Å²) < 4.78 is 57.1. The van der Waals surface area contributed by atoms with Gasteiger partial charge in [-0.3, -0.25) is 0 Å². The number of hydrogen-bond donors (Lipinski definition) is 4. The van der Waals surface area contributed by atoms with E-state index in [1.165, 1.54) is 31.0 Å². The van der Waals surface area contributed by atoms with Crippen LogP contribution in [0, 0.1) is 34.9 Å². The van der Waals surface area contributed by atoms with Gasteiger partial charge in [0, 0.05) is 24.7 Å². The van der Waals surface area contributed by atoms with Crippen LogP contribution in [0.5, 0.6) is 5.75 Å². The van der Waals surface area contributed by atoms with Crippen molar-refractivity contribution in [2.75, 3.05) is 23.7 Å². The summed E-state index contributed by atoms with van der Waals surface area (Å²) in [6.07, 6.45) is 6.08. The molecule has 7 nitrogen and oxygen atoms in total. The highest BCUT2D eigenvalue weighted by Gasteiger charge is 2.55. The predicted octanol–water partition coefficient (Wildman–Crippen LogP) is 5.87. The Morgan fingerprint density at radius 1 is 1.00 bits per heavy atom. The van der Waals surface area contributed by atoms with Crippen LogP contribution in [0.4, 0.5) is 29.3 Å². The van der Waals surface area contributed by atoms with E-state index in [1.807, 2.05) is 0 Å². The quantitative estimate of drug-likeness (QED) is 0.263. The molecule has 5 aliphatic carbocycles. The maximum Gasteiger partial charge on any atom is 0.573 e. The first-order valence-corrected chi connectivity index (χ1v) is 14.9. The molecule has 7 rings (SSSR count). The van der Waals surface area contributed by atoms with Crippen LogP contribution in [-0.2, 0) is 6.54 Å². The van der Waals surface area contributed by atoms with Gasteiger partial charge in [0.15, 0.2) is 11.6 Å². The van der Waals surface area contributed by atoms with Gasteiger partial charge in [-0.25, -0.2) is 9.37 Å². The average molecular weight is 578 g/mol. The fraction of sp³-hybridized carbons (Fsp3) is 0.667. The predicted molar refractivity (Wildman–Crippen MR) is 147 cm³/mol. The fourth-order valence-electron chi connectivity index (χ4n) is 8.29. The van der Waals surface area contributed by atoms with Gasteiger partial charge in [-0.15, -0.1) is 13.2 Å². The van der Waals surface area contributed by atoms with Gasteiger partial charge in [0.2, 0.25) is 5.95 Å². The third-order valence-corrected chi connectivity index (χ3v) is 9.87. The van der Waals surface area contributed by atoms with Gasteiger partial charge in [-0.05, 0) is 99.5 Å². The lowest BCUT2D eigenvalue weighted by atomic mass is 9.48. The SMILES string of the molecule is OC1CCC(CNC2[C@@H]3CC4C[C@H]2CC(CNc2nc(NCc5ccccc5OC(F)(F)F)ncc2F)(C4)C3)CC1. The first-order valence-electron chi connectivity index (χ1n) is 14.9. The summed E-state index contributed by atoms with van der Waals surface area (Å²) >= 11 is 0. The van der Waals surface area contributed by atoms with Crippen LogP contribution < -0.4 is 20.7 Å². The van der Waals surface area contributed by atoms with Gasteiger partial charge in [-0.1, -0.05) is 18.2 Å². The molecular weight excluding hydrogens is 538 g/mol. The lowest BCUT2D eigenvalue weighted by Crippen LogP contribution is -2.60. The van der Waals surface area contributed by atoms with Crippen molar-refractivity contribution in [1.29, 1.82) is 0 Å². The Labute approximate surface area is 237 Å². The van der Waals surface area contributed by atoms with E-state index < -0.39 is 12.2 Å². The Hall–Kier alpha value is -2.66. The van der Waals surface area contributed by atoms with E-state index in [4.69, 9.17) is 0 Å². The molecule has 0 saturated heterocycles. The van der Waals surface area contributed by atoms with Crippen LogP contribution in [0.3, 0.4) is 0 Å². The van der Waals surface area contributed by atoms with Crippen molar-refractivity contribution in [2.45, 2.75) is 82.8 Å². The summed E-state index contributed by atoms with van der Waals surface area (Å²) in [5.74, 6) is 1.99. The Balaban J connectivity index is 1.05. The smallest absolute Gasteiger partial charge is 0.405 e. The number of aliphatic hydroxyl groups is 1. The topological polar surface area (TPSA) is 91.3 Å². The molecule has 11 heteroatoms. The molecule has 2 aromatic rings. The van der Waals surface area contributed by atoms with Gasteiger partial charge >= 0.3 is 6.36 Å². The van der Waals surface area contributed by atoms with Gasteiger partial charge in [-0.2, -0.15) is 4.98 Å². The summed E-state index contributed by atoms with van der Waals surface area (Å²) in [7, 11) is 0. The van der Waals surface area contributed by atoms with Crippen molar-refractivity contribution in [1.82, 2.24) is 15.3 Å². The van der Waals surface area contributed by atoms with E-state index >= 15 is 0 Å². The van der Waals surface area contributed by atoms with Crippen LogP contribution in [0.2, 0.25) is 0 Å². The highest BCUT2D eigenvalue weighted by molar-refractivity contribution is 5.43. The molecule has 4 N–H and O–H groups in total.